The van der Waals surface area contributed by atoms with E-state index >= 15 is 0 Å². The van der Waals surface area contributed by atoms with E-state index in [0.717, 1.165) is 4.57 Å². The number of aldehydes is 1. The first-order valence-electron chi connectivity index (χ1n) is 9.81. The van der Waals surface area contributed by atoms with Crippen molar-refractivity contribution in [3.8, 4) is 0 Å². The van der Waals surface area contributed by atoms with Crippen molar-refractivity contribution < 1.29 is 23.1 Å². The summed E-state index contributed by atoms with van der Waals surface area (Å²) in [5.41, 5.74) is -2.03. The smallest absolute Gasteiger partial charge is 0.410 e. The average molecular weight is 409 g/mol. The van der Waals surface area contributed by atoms with E-state index in [9.17, 15) is 23.2 Å². The van der Waals surface area contributed by atoms with Gasteiger partial charge in [0.15, 0.2) is 6.29 Å². The van der Waals surface area contributed by atoms with Gasteiger partial charge in [-0.05, 0) is 33.6 Å². The monoisotopic (exact) mass is 409 g/mol. The summed E-state index contributed by atoms with van der Waals surface area (Å²) in [6.07, 6.45) is -0.736. The Hall–Kier alpha value is -2.45. The molecule has 3 atom stereocenters. The number of piperidine rings is 1. The molecule has 29 heavy (non-hydrogen) atoms. The summed E-state index contributed by atoms with van der Waals surface area (Å²) in [5, 5.41) is 3.20. The van der Waals surface area contributed by atoms with Crippen LogP contribution in [0, 0.1) is 11.8 Å². The van der Waals surface area contributed by atoms with Crippen molar-refractivity contribution in [2.45, 2.75) is 57.2 Å². The van der Waals surface area contributed by atoms with Crippen LogP contribution in [0.3, 0.4) is 0 Å². The van der Waals surface area contributed by atoms with Gasteiger partial charge in [0.1, 0.15) is 11.1 Å². The van der Waals surface area contributed by atoms with E-state index in [0.29, 0.717) is 25.1 Å². The molecule has 1 aromatic rings. The number of likely N-dealkylation sites (tertiary alicyclic amines) is 1. The molecule has 0 bridgehead atoms. The summed E-state index contributed by atoms with van der Waals surface area (Å²) in [4.78, 5) is 37.8. The third-order valence-electron chi connectivity index (χ3n) is 6.03. The fourth-order valence-electron chi connectivity index (χ4n) is 4.20. The third-order valence-corrected chi connectivity index (χ3v) is 6.03. The van der Waals surface area contributed by atoms with Crippen LogP contribution in [0.1, 0.15) is 44.0 Å². The number of ether oxygens (including phenoxy) is 1. The Morgan fingerprint density at radius 1 is 1.31 bits per heavy atom. The summed E-state index contributed by atoms with van der Waals surface area (Å²) in [5.74, 6) is 0.417. The van der Waals surface area contributed by atoms with Crippen molar-refractivity contribution in [3.05, 3.63) is 28.2 Å². The minimum atomic E-state index is -2.65. The number of anilines is 1. The van der Waals surface area contributed by atoms with Gasteiger partial charge in [0.2, 0.25) is 0 Å². The predicted octanol–water partition coefficient (Wildman–Crippen LogP) is 2.69. The zero-order chi connectivity index (χ0) is 21.1. The molecule has 1 aliphatic heterocycles. The number of carbonyl (C=O) groups is 2. The summed E-state index contributed by atoms with van der Waals surface area (Å²) in [7, 11) is 0. The highest BCUT2D eigenvalue weighted by molar-refractivity contribution is 5.84. The molecule has 9 heteroatoms. The standard InChI is InChI=1S/C20H25F2N3O4/c1-19(2,3)29-18(28)24-8-12-13(9-24)16(12)23-14-6-15(27)25(7-11(14)10-26)20(4-5-20)17(21)22/h6-7,10,12-13,16-17,23H,4-5,8-9H2,1-3H3/t12-,13+,16+. The maximum absolute atomic E-state index is 13.4. The van der Waals surface area contributed by atoms with Crippen molar-refractivity contribution in [3.63, 3.8) is 0 Å². The minimum absolute atomic E-state index is 0.0348. The van der Waals surface area contributed by atoms with Crippen molar-refractivity contribution in [1.82, 2.24) is 9.47 Å². The number of nitrogens with one attached hydrogen (secondary N) is 1. The molecule has 3 aliphatic rings. The number of hydrogen-bond donors (Lipinski definition) is 1. The van der Waals surface area contributed by atoms with Crippen LogP contribution >= 0.6 is 0 Å². The van der Waals surface area contributed by atoms with E-state index < -0.39 is 23.1 Å². The molecule has 0 radical (unpaired) electrons. The van der Waals surface area contributed by atoms with E-state index in [-0.39, 0.29) is 42.4 Å². The van der Waals surface area contributed by atoms with Crippen LogP contribution in [0.15, 0.2) is 17.1 Å². The van der Waals surface area contributed by atoms with E-state index in [1.807, 2.05) is 20.8 Å². The molecule has 3 fully saturated rings. The normalized spacial score (nSPS) is 26.8. The largest absolute Gasteiger partial charge is 0.444 e. The van der Waals surface area contributed by atoms with Gasteiger partial charge in [-0.3, -0.25) is 9.59 Å². The number of pyridine rings is 1. The number of alkyl halides is 2. The average Bonchev–Trinajstić information content (AvgIpc) is 3.49. The van der Waals surface area contributed by atoms with Crippen LogP contribution in [-0.2, 0) is 10.3 Å². The summed E-state index contributed by atoms with van der Waals surface area (Å²) < 4.78 is 33.1. The van der Waals surface area contributed by atoms with Gasteiger partial charge in [-0.15, -0.1) is 0 Å². The Morgan fingerprint density at radius 2 is 1.93 bits per heavy atom. The van der Waals surface area contributed by atoms with Gasteiger partial charge in [0.05, 0.1) is 11.3 Å². The maximum atomic E-state index is 13.4. The third kappa shape index (κ3) is 3.51. The number of amides is 1. The predicted molar refractivity (Wildman–Crippen MR) is 101 cm³/mol. The molecule has 2 saturated carbocycles. The SMILES string of the molecule is CC(C)(C)OC(=O)N1C[C@@H]2[C@H](C1)[C@H]2Nc1cc(=O)n(C2(C(F)F)CC2)cc1C=O. The Balaban J connectivity index is 1.44. The van der Waals surface area contributed by atoms with Crippen molar-refractivity contribution >= 4 is 18.1 Å². The van der Waals surface area contributed by atoms with Crippen molar-refractivity contribution in [2.24, 2.45) is 11.8 Å². The summed E-state index contributed by atoms with van der Waals surface area (Å²) in [6.45, 7) is 6.53. The highest BCUT2D eigenvalue weighted by Gasteiger charge is 2.58. The lowest BCUT2D eigenvalue weighted by Gasteiger charge is -2.26. The van der Waals surface area contributed by atoms with Crippen LogP contribution in [0.2, 0.25) is 0 Å². The maximum Gasteiger partial charge on any atom is 0.410 e. The van der Waals surface area contributed by atoms with Crippen LogP contribution in [0.4, 0.5) is 19.3 Å². The quantitative estimate of drug-likeness (QED) is 0.757. The lowest BCUT2D eigenvalue weighted by Crippen LogP contribution is -2.38. The van der Waals surface area contributed by atoms with Crippen molar-refractivity contribution in [1.29, 1.82) is 0 Å². The molecule has 0 unspecified atom stereocenters. The van der Waals surface area contributed by atoms with E-state index in [1.54, 1.807) is 4.90 Å². The van der Waals surface area contributed by atoms with Crippen LogP contribution in [0.25, 0.3) is 0 Å². The van der Waals surface area contributed by atoms with E-state index in [2.05, 4.69) is 5.32 Å². The van der Waals surface area contributed by atoms with E-state index in [1.165, 1.54) is 12.3 Å². The molecule has 1 aromatic heterocycles. The fourth-order valence-corrected chi connectivity index (χ4v) is 4.20. The zero-order valence-electron chi connectivity index (χ0n) is 16.7. The first-order valence-corrected chi connectivity index (χ1v) is 9.81. The van der Waals surface area contributed by atoms with Crippen LogP contribution in [0.5, 0.6) is 0 Å². The van der Waals surface area contributed by atoms with Crippen LogP contribution < -0.4 is 10.9 Å². The molecular formula is C20H25F2N3O4. The second-order valence-corrected chi connectivity index (χ2v) is 9.26. The Bertz CT molecular complexity index is 892. The molecule has 0 aromatic carbocycles. The Kier molecular flexibility index (Phi) is 4.47. The van der Waals surface area contributed by atoms with Gasteiger partial charge in [0, 0.05) is 43.2 Å². The topological polar surface area (TPSA) is 80.6 Å². The molecular weight excluding hydrogens is 384 g/mol. The number of carbonyl (C=O) groups excluding carboxylic acids is 2. The summed E-state index contributed by atoms with van der Waals surface area (Å²) >= 11 is 0. The Morgan fingerprint density at radius 3 is 2.41 bits per heavy atom. The highest BCUT2D eigenvalue weighted by atomic mass is 19.3. The number of rotatable bonds is 5. The van der Waals surface area contributed by atoms with Gasteiger partial charge in [-0.2, -0.15) is 0 Å². The molecule has 2 aliphatic carbocycles. The number of hydrogen-bond acceptors (Lipinski definition) is 5. The molecule has 4 rings (SSSR count). The van der Waals surface area contributed by atoms with Gasteiger partial charge in [0.25, 0.3) is 12.0 Å². The molecule has 1 amide bonds. The molecule has 158 valence electrons. The first kappa shape index (κ1) is 19.8. The minimum Gasteiger partial charge on any atom is -0.444 e. The van der Waals surface area contributed by atoms with Crippen LogP contribution in [-0.4, -0.2) is 53.0 Å². The molecule has 1 saturated heterocycles. The molecule has 0 spiro atoms. The number of aromatic nitrogens is 1. The Labute approximate surface area is 167 Å². The lowest BCUT2D eigenvalue weighted by atomic mass is 10.2. The molecule has 2 heterocycles. The second-order valence-electron chi connectivity index (χ2n) is 9.26. The number of fused-ring (bicyclic) bond motifs is 1. The number of halogens is 2. The molecule has 7 nitrogen and oxygen atoms in total. The van der Waals surface area contributed by atoms with Gasteiger partial charge in [-0.1, -0.05) is 0 Å². The highest BCUT2D eigenvalue weighted by Crippen LogP contribution is 2.49. The van der Waals surface area contributed by atoms with Gasteiger partial charge >= 0.3 is 6.09 Å². The lowest BCUT2D eigenvalue weighted by molar-refractivity contribution is 0.0272. The van der Waals surface area contributed by atoms with Crippen molar-refractivity contribution in [2.75, 3.05) is 18.4 Å². The fraction of sp³-hybridized carbons (Fsp3) is 0.650. The zero-order valence-corrected chi connectivity index (χ0v) is 16.7. The van der Waals surface area contributed by atoms with Gasteiger partial charge in [-0.25, -0.2) is 13.6 Å². The number of nitrogens with zero attached hydrogens (tertiary/aromatic N) is 2. The summed E-state index contributed by atoms with van der Waals surface area (Å²) in [6, 6.07) is 1.26. The van der Waals surface area contributed by atoms with Gasteiger partial charge < -0.3 is 19.5 Å². The molecule has 1 N–H and O–H groups in total. The second kappa shape index (κ2) is 6.53. The van der Waals surface area contributed by atoms with E-state index in [4.69, 9.17) is 4.74 Å². The first-order chi connectivity index (χ1) is 13.6.